The molecule has 2 heterocycles. The topological polar surface area (TPSA) is 99.8 Å². The number of carbonyl (C=O) groups is 1. The Balaban J connectivity index is 1.33. The van der Waals surface area contributed by atoms with Crippen molar-refractivity contribution in [2.45, 2.75) is 33.5 Å². The van der Waals surface area contributed by atoms with Crippen molar-refractivity contribution in [1.29, 1.82) is 0 Å². The van der Waals surface area contributed by atoms with Gasteiger partial charge in [-0.05, 0) is 59.7 Å². The molecule has 158 valence electrons. The largest absolute Gasteiger partial charge is 0.486 e. The molecule has 4 rings (SSSR count). The van der Waals surface area contributed by atoms with E-state index in [0.29, 0.717) is 35.9 Å². The zero-order valence-corrected chi connectivity index (χ0v) is 17.4. The van der Waals surface area contributed by atoms with E-state index >= 15 is 0 Å². The highest BCUT2D eigenvalue weighted by Crippen LogP contribution is 2.16. The number of tetrazole rings is 1. The minimum atomic E-state index is -0.211. The van der Waals surface area contributed by atoms with Crippen LogP contribution in [0.15, 0.2) is 60.9 Å². The van der Waals surface area contributed by atoms with E-state index in [1.807, 2.05) is 25.3 Å². The first-order valence-electron chi connectivity index (χ1n) is 9.98. The fourth-order valence-corrected chi connectivity index (χ4v) is 3.10. The molecule has 0 fully saturated rings. The quantitative estimate of drug-likeness (QED) is 0.473. The third-order valence-electron chi connectivity index (χ3n) is 4.87. The van der Waals surface area contributed by atoms with Gasteiger partial charge in [-0.2, -0.15) is 5.10 Å². The molecule has 9 heteroatoms. The molecule has 0 atom stereocenters. The van der Waals surface area contributed by atoms with Crippen LogP contribution in [0.3, 0.4) is 0 Å². The standard InChI is InChI=1S/C22H23N7O2/c1-3-29-21(25-26-27-29)15-31-20-10-8-17(9-11-20)22(30)24-19-12-23-28(14-19)13-18-7-5-4-6-16(18)2/h4-12,14H,3,13,15H2,1-2H3,(H,24,30). The molecule has 0 aliphatic heterocycles. The number of anilines is 1. The number of rotatable bonds is 8. The van der Waals surface area contributed by atoms with Crippen LogP contribution in [0.4, 0.5) is 5.69 Å². The maximum absolute atomic E-state index is 12.6. The van der Waals surface area contributed by atoms with Crippen molar-refractivity contribution in [2.75, 3.05) is 5.32 Å². The van der Waals surface area contributed by atoms with Gasteiger partial charge in [-0.1, -0.05) is 24.3 Å². The number of carbonyl (C=O) groups excluding carboxylic acids is 1. The molecular formula is C22H23N7O2. The third kappa shape index (κ3) is 4.95. The van der Waals surface area contributed by atoms with Gasteiger partial charge < -0.3 is 10.1 Å². The molecular weight excluding hydrogens is 394 g/mol. The van der Waals surface area contributed by atoms with Gasteiger partial charge in [0.1, 0.15) is 12.4 Å². The van der Waals surface area contributed by atoms with Gasteiger partial charge in [-0.3, -0.25) is 9.48 Å². The average Bonchev–Trinajstić information content (AvgIpc) is 3.43. The van der Waals surface area contributed by atoms with Crippen LogP contribution in [-0.4, -0.2) is 35.9 Å². The van der Waals surface area contributed by atoms with Crippen LogP contribution in [0.1, 0.15) is 34.2 Å². The monoisotopic (exact) mass is 417 g/mol. The maximum Gasteiger partial charge on any atom is 0.255 e. The van der Waals surface area contributed by atoms with E-state index in [9.17, 15) is 4.79 Å². The fourth-order valence-electron chi connectivity index (χ4n) is 3.10. The van der Waals surface area contributed by atoms with Crippen LogP contribution >= 0.6 is 0 Å². The number of hydrogen-bond acceptors (Lipinski definition) is 6. The SMILES string of the molecule is CCn1nnnc1COc1ccc(C(=O)Nc2cnn(Cc3ccccc3C)c2)cc1. The lowest BCUT2D eigenvalue weighted by atomic mass is 10.1. The lowest BCUT2D eigenvalue weighted by molar-refractivity contribution is 0.102. The van der Waals surface area contributed by atoms with Gasteiger partial charge in [0, 0.05) is 18.3 Å². The molecule has 0 spiro atoms. The first kappa shape index (κ1) is 20.3. The third-order valence-corrected chi connectivity index (χ3v) is 4.87. The molecule has 0 unspecified atom stereocenters. The Morgan fingerprint density at radius 2 is 1.94 bits per heavy atom. The predicted octanol–water partition coefficient (Wildman–Crippen LogP) is 3.08. The number of benzene rings is 2. The summed E-state index contributed by atoms with van der Waals surface area (Å²) >= 11 is 0. The Hall–Kier alpha value is -4.01. The van der Waals surface area contributed by atoms with E-state index < -0.39 is 0 Å². The summed E-state index contributed by atoms with van der Waals surface area (Å²) in [5, 5.41) is 18.7. The second-order valence-electron chi connectivity index (χ2n) is 7.03. The molecule has 2 aromatic heterocycles. The highest BCUT2D eigenvalue weighted by molar-refractivity contribution is 6.04. The highest BCUT2D eigenvalue weighted by atomic mass is 16.5. The first-order chi connectivity index (χ1) is 15.1. The van der Waals surface area contributed by atoms with E-state index in [-0.39, 0.29) is 12.5 Å². The van der Waals surface area contributed by atoms with Gasteiger partial charge in [-0.15, -0.1) is 5.10 Å². The van der Waals surface area contributed by atoms with Crippen molar-refractivity contribution in [3.05, 3.63) is 83.4 Å². The smallest absolute Gasteiger partial charge is 0.255 e. The van der Waals surface area contributed by atoms with Crippen LogP contribution in [0.5, 0.6) is 5.75 Å². The summed E-state index contributed by atoms with van der Waals surface area (Å²) in [6.45, 7) is 5.61. The Labute approximate surface area is 179 Å². The summed E-state index contributed by atoms with van der Waals surface area (Å²) in [6, 6.07) is 15.1. The molecule has 0 aliphatic rings. The number of aromatic nitrogens is 6. The van der Waals surface area contributed by atoms with Crippen LogP contribution in [-0.2, 0) is 19.7 Å². The van der Waals surface area contributed by atoms with Crippen LogP contribution < -0.4 is 10.1 Å². The number of nitrogens with zero attached hydrogens (tertiary/aromatic N) is 6. The molecule has 1 amide bonds. The summed E-state index contributed by atoms with van der Waals surface area (Å²) in [5.74, 6) is 1.07. The van der Waals surface area contributed by atoms with Crippen molar-refractivity contribution in [3.8, 4) is 5.75 Å². The van der Waals surface area contributed by atoms with Crippen molar-refractivity contribution in [1.82, 2.24) is 30.0 Å². The summed E-state index contributed by atoms with van der Waals surface area (Å²) < 4.78 is 9.18. The van der Waals surface area contributed by atoms with Crippen molar-refractivity contribution in [3.63, 3.8) is 0 Å². The maximum atomic E-state index is 12.6. The van der Waals surface area contributed by atoms with Crippen LogP contribution in [0, 0.1) is 6.92 Å². The van der Waals surface area contributed by atoms with Crippen molar-refractivity contribution >= 4 is 11.6 Å². The minimum Gasteiger partial charge on any atom is -0.486 e. The number of amides is 1. The van der Waals surface area contributed by atoms with Gasteiger partial charge >= 0.3 is 0 Å². The number of aryl methyl sites for hydroxylation is 2. The second-order valence-corrected chi connectivity index (χ2v) is 7.03. The van der Waals surface area contributed by atoms with Gasteiger partial charge in [0.2, 0.25) is 0 Å². The van der Waals surface area contributed by atoms with E-state index in [2.05, 4.69) is 45.0 Å². The first-order valence-corrected chi connectivity index (χ1v) is 9.98. The molecule has 1 N–H and O–H groups in total. The van der Waals surface area contributed by atoms with E-state index in [1.54, 1.807) is 39.8 Å². The van der Waals surface area contributed by atoms with Gasteiger partial charge in [0.25, 0.3) is 5.91 Å². The average molecular weight is 417 g/mol. The summed E-state index contributed by atoms with van der Waals surface area (Å²) in [4.78, 5) is 12.6. The molecule has 4 aromatic rings. The highest BCUT2D eigenvalue weighted by Gasteiger charge is 2.10. The van der Waals surface area contributed by atoms with Crippen molar-refractivity contribution < 1.29 is 9.53 Å². The Bertz CT molecular complexity index is 1160. The van der Waals surface area contributed by atoms with E-state index in [1.165, 1.54) is 11.1 Å². The Morgan fingerprint density at radius 1 is 1.13 bits per heavy atom. The van der Waals surface area contributed by atoms with Gasteiger partial charge in [0.05, 0.1) is 18.4 Å². The summed E-state index contributed by atoms with van der Waals surface area (Å²) in [7, 11) is 0. The predicted molar refractivity (Wildman–Crippen MR) is 115 cm³/mol. The van der Waals surface area contributed by atoms with Gasteiger partial charge in [-0.25, -0.2) is 4.68 Å². The lowest BCUT2D eigenvalue weighted by Gasteiger charge is -2.07. The summed E-state index contributed by atoms with van der Waals surface area (Å²) in [5.41, 5.74) is 3.56. The van der Waals surface area contributed by atoms with E-state index in [4.69, 9.17) is 4.74 Å². The molecule has 0 aliphatic carbocycles. The zero-order valence-electron chi connectivity index (χ0n) is 17.4. The Morgan fingerprint density at radius 3 is 2.71 bits per heavy atom. The molecule has 0 saturated carbocycles. The lowest BCUT2D eigenvalue weighted by Crippen LogP contribution is -2.11. The molecule has 0 saturated heterocycles. The minimum absolute atomic E-state index is 0.211. The van der Waals surface area contributed by atoms with Crippen LogP contribution in [0.25, 0.3) is 0 Å². The number of ether oxygens (including phenoxy) is 1. The molecule has 0 radical (unpaired) electrons. The Kier molecular flexibility index (Phi) is 6.02. The van der Waals surface area contributed by atoms with Crippen molar-refractivity contribution in [2.24, 2.45) is 0 Å². The fraction of sp³-hybridized carbons (Fsp3) is 0.227. The van der Waals surface area contributed by atoms with Gasteiger partial charge in [0.15, 0.2) is 5.82 Å². The normalized spacial score (nSPS) is 10.8. The molecule has 9 nitrogen and oxygen atoms in total. The summed E-state index contributed by atoms with van der Waals surface area (Å²) in [6.07, 6.45) is 3.46. The van der Waals surface area contributed by atoms with E-state index in [0.717, 1.165) is 0 Å². The second kappa shape index (κ2) is 9.21. The molecule has 2 aromatic carbocycles. The number of hydrogen-bond donors (Lipinski definition) is 1. The molecule has 31 heavy (non-hydrogen) atoms. The molecule has 0 bridgehead atoms. The van der Waals surface area contributed by atoms with Crippen LogP contribution in [0.2, 0.25) is 0 Å². The zero-order chi connectivity index (χ0) is 21.6. The number of nitrogens with one attached hydrogen (secondary N) is 1.